The highest BCUT2D eigenvalue weighted by Crippen LogP contribution is 2.18. The molecule has 4 heteroatoms. The van der Waals surface area contributed by atoms with Gasteiger partial charge in [0, 0.05) is 0 Å². The number of hydrogen-bond acceptors (Lipinski definition) is 3. The Bertz CT molecular complexity index is 478. The number of carbonyl (C=O) groups is 1. The van der Waals surface area contributed by atoms with Gasteiger partial charge in [0.1, 0.15) is 5.54 Å². The standard InChI is InChI=1S/C30H60N2O2/c1-5-6-7-8-9-10-11-12-13-14-15-16-17-18-19-20-21-22-23-24-27-31-28-25-26-30(2,29(33)34)32(3)4/h12-13,31H,5-11,14-28H2,1-4H3,(H,33,34)/b13-12-. The number of aliphatic carboxylic acids is 1. The molecule has 0 rings (SSSR count). The van der Waals surface area contributed by atoms with Gasteiger partial charge in [-0.1, -0.05) is 103 Å². The van der Waals surface area contributed by atoms with Crippen molar-refractivity contribution >= 4 is 5.97 Å². The SMILES string of the molecule is CCCCCCCC/C=C\CCCCCCCCCCCCNCCCC(C)(C(=O)O)N(C)C. The van der Waals surface area contributed by atoms with Gasteiger partial charge in [-0.3, -0.25) is 9.69 Å². The van der Waals surface area contributed by atoms with Crippen molar-refractivity contribution in [3.63, 3.8) is 0 Å². The molecule has 0 spiro atoms. The van der Waals surface area contributed by atoms with Crippen LogP contribution < -0.4 is 5.32 Å². The van der Waals surface area contributed by atoms with Crippen LogP contribution >= 0.6 is 0 Å². The Morgan fingerprint density at radius 3 is 1.56 bits per heavy atom. The predicted molar refractivity (Wildman–Crippen MR) is 150 cm³/mol. The van der Waals surface area contributed by atoms with Gasteiger partial charge in [0.15, 0.2) is 0 Å². The van der Waals surface area contributed by atoms with Crippen LogP contribution in [0.4, 0.5) is 0 Å². The maximum absolute atomic E-state index is 11.5. The molecule has 0 fully saturated rings. The van der Waals surface area contributed by atoms with E-state index in [1.807, 2.05) is 25.9 Å². The third kappa shape index (κ3) is 19.4. The third-order valence-electron chi connectivity index (χ3n) is 7.33. The second kappa shape index (κ2) is 23.9. The topological polar surface area (TPSA) is 52.6 Å². The Morgan fingerprint density at radius 2 is 1.12 bits per heavy atom. The average molecular weight is 481 g/mol. The van der Waals surface area contributed by atoms with Crippen LogP contribution in [0, 0.1) is 0 Å². The van der Waals surface area contributed by atoms with E-state index in [9.17, 15) is 9.90 Å². The molecule has 34 heavy (non-hydrogen) atoms. The molecule has 0 amide bonds. The zero-order valence-electron chi connectivity index (χ0n) is 23.5. The molecule has 4 nitrogen and oxygen atoms in total. The molecule has 0 saturated carbocycles. The molecule has 0 heterocycles. The van der Waals surface area contributed by atoms with E-state index in [1.165, 1.54) is 116 Å². The van der Waals surface area contributed by atoms with Crippen LogP contribution in [-0.2, 0) is 4.79 Å². The van der Waals surface area contributed by atoms with Crippen LogP contribution in [0.2, 0.25) is 0 Å². The Hall–Kier alpha value is -0.870. The number of nitrogens with one attached hydrogen (secondary N) is 1. The van der Waals surface area contributed by atoms with E-state index in [1.54, 1.807) is 0 Å². The summed E-state index contributed by atoms with van der Waals surface area (Å²) < 4.78 is 0. The summed E-state index contributed by atoms with van der Waals surface area (Å²) in [7, 11) is 3.69. The van der Waals surface area contributed by atoms with Crippen LogP contribution in [0.1, 0.15) is 142 Å². The monoisotopic (exact) mass is 480 g/mol. The van der Waals surface area contributed by atoms with Gasteiger partial charge in [0.2, 0.25) is 0 Å². The van der Waals surface area contributed by atoms with Crippen LogP contribution in [0.25, 0.3) is 0 Å². The van der Waals surface area contributed by atoms with Gasteiger partial charge in [0.05, 0.1) is 0 Å². The Balaban J connectivity index is 3.27. The van der Waals surface area contributed by atoms with Gasteiger partial charge < -0.3 is 10.4 Å². The number of carboxylic acid groups (broad SMARTS) is 1. The summed E-state index contributed by atoms with van der Waals surface area (Å²) >= 11 is 0. The summed E-state index contributed by atoms with van der Waals surface area (Å²) in [5.74, 6) is -0.733. The highest BCUT2D eigenvalue weighted by atomic mass is 16.4. The van der Waals surface area contributed by atoms with Crippen LogP contribution in [0.15, 0.2) is 12.2 Å². The molecule has 0 bridgehead atoms. The maximum Gasteiger partial charge on any atom is 0.323 e. The number of rotatable bonds is 26. The second-order valence-corrected chi connectivity index (χ2v) is 10.7. The van der Waals surface area contributed by atoms with Gasteiger partial charge in [0.25, 0.3) is 0 Å². The summed E-state index contributed by atoms with van der Waals surface area (Å²) in [6.45, 7) is 6.06. The van der Waals surface area contributed by atoms with Gasteiger partial charge in [-0.2, -0.15) is 0 Å². The fourth-order valence-electron chi connectivity index (χ4n) is 4.41. The molecule has 0 radical (unpaired) electrons. The molecule has 0 aliphatic carbocycles. The summed E-state index contributed by atoms with van der Waals surface area (Å²) in [5.41, 5.74) is -0.758. The first kappa shape index (κ1) is 33.1. The molecule has 0 aliphatic heterocycles. The second-order valence-electron chi connectivity index (χ2n) is 10.7. The molecule has 0 aromatic carbocycles. The number of carboxylic acids is 1. The van der Waals surface area contributed by atoms with Crippen LogP contribution in [0.5, 0.6) is 0 Å². The maximum atomic E-state index is 11.5. The van der Waals surface area contributed by atoms with Crippen molar-refractivity contribution < 1.29 is 9.90 Å². The molecular weight excluding hydrogens is 420 g/mol. The van der Waals surface area contributed by atoms with Gasteiger partial charge in [-0.05, 0) is 79.1 Å². The van der Waals surface area contributed by atoms with E-state index >= 15 is 0 Å². The minimum absolute atomic E-state index is 0.679. The van der Waals surface area contributed by atoms with Crippen molar-refractivity contribution in [2.24, 2.45) is 0 Å². The summed E-state index contributed by atoms with van der Waals surface area (Å²) in [5, 5.41) is 12.9. The van der Waals surface area contributed by atoms with Gasteiger partial charge in [-0.25, -0.2) is 0 Å². The lowest BCUT2D eigenvalue weighted by atomic mass is 9.94. The lowest BCUT2D eigenvalue weighted by Crippen LogP contribution is -2.48. The summed E-state index contributed by atoms with van der Waals surface area (Å²) in [4.78, 5) is 13.3. The van der Waals surface area contributed by atoms with Crippen molar-refractivity contribution in [3.8, 4) is 0 Å². The van der Waals surface area contributed by atoms with E-state index in [4.69, 9.17) is 0 Å². The van der Waals surface area contributed by atoms with Crippen molar-refractivity contribution in [1.29, 1.82) is 0 Å². The Kier molecular flexibility index (Phi) is 23.2. The number of hydrogen-bond donors (Lipinski definition) is 2. The largest absolute Gasteiger partial charge is 0.480 e. The first-order chi connectivity index (χ1) is 16.4. The molecular formula is C30H60N2O2. The number of nitrogens with zero attached hydrogens (tertiary/aromatic N) is 1. The quantitative estimate of drug-likeness (QED) is 0.0964. The van der Waals surface area contributed by atoms with E-state index in [0.717, 1.165) is 19.5 Å². The Morgan fingerprint density at radius 1 is 0.706 bits per heavy atom. The smallest absolute Gasteiger partial charge is 0.323 e. The highest BCUT2D eigenvalue weighted by Gasteiger charge is 2.34. The molecule has 0 aliphatic rings. The molecule has 0 aromatic rings. The van der Waals surface area contributed by atoms with Crippen molar-refractivity contribution in [1.82, 2.24) is 10.2 Å². The van der Waals surface area contributed by atoms with Crippen LogP contribution in [0.3, 0.4) is 0 Å². The first-order valence-electron chi connectivity index (χ1n) is 14.7. The fraction of sp³-hybridized carbons (Fsp3) is 0.900. The minimum Gasteiger partial charge on any atom is -0.480 e. The van der Waals surface area contributed by atoms with Crippen molar-refractivity contribution in [3.05, 3.63) is 12.2 Å². The van der Waals surface area contributed by atoms with Gasteiger partial charge >= 0.3 is 5.97 Å². The normalized spacial score (nSPS) is 13.7. The number of likely N-dealkylation sites (N-methyl/N-ethyl adjacent to an activating group) is 1. The molecule has 0 aromatic heterocycles. The molecule has 1 unspecified atom stereocenters. The van der Waals surface area contributed by atoms with Gasteiger partial charge in [-0.15, -0.1) is 0 Å². The summed E-state index contributed by atoms with van der Waals surface area (Å²) in [6, 6.07) is 0. The third-order valence-corrected chi connectivity index (χ3v) is 7.33. The van der Waals surface area contributed by atoms with Crippen molar-refractivity contribution in [2.75, 3.05) is 27.2 Å². The molecule has 202 valence electrons. The average Bonchev–Trinajstić information content (AvgIpc) is 2.81. The van der Waals surface area contributed by atoms with E-state index in [-0.39, 0.29) is 0 Å². The van der Waals surface area contributed by atoms with Crippen LogP contribution in [-0.4, -0.2) is 48.7 Å². The number of allylic oxidation sites excluding steroid dienone is 2. The molecule has 1 atom stereocenters. The van der Waals surface area contributed by atoms with E-state index in [2.05, 4.69) is 24.4 Å². The zero-order valence-corrected chi connectivity index (χ0v) is 23.5. The Labute approximate surface area is 213 Å². The molecule has 2 N–H and O–H groups in total. The lowest BCUT2D eigenvalue weighted by molar-refractivity contribution is -0.149. The van der Waals surface area contributed by atoms with E-state index < -0.39 is 11.5 Å². The number of unbranched alkanes of at least 4 members (excludes halogenated alkanes) is 16. The van der Waals surface area contributed by atoms with Crippen molar-refractivity contribution in [2.45, 2.75) is 148 Å². The molecule has 0 saturated heterocycles. The fourth-order valence-corrected chi connectivity index (χ4v) is 4.41. The predicted octanol–water partition coefficient (Wildman–Crippen LogP) is 8.36. The highest BCUT2D eigenvalue weighted by molar-refractivity contribution is 5.78. The summed E-state index contributed by atoms with van der Waals surface area (Å²) in [6.07, 6.45) is 31.0. The first-order valence-corrected chi connectivity index (χ1v) is 14.7. The minimum atomic E-state index is -0.758. The van der Waals surface area contributed by atoms with E-state index in [0.29, 0.717) is 6.42 Å². The zero-order chi connectivity index (χ0) is 25.3. The lowest BCUT2D eigenvalue weighted by Gasteiger charge is -2.32.